The quantitative estimate of drug-likeness (QED) is 0.782. The molecule has 0 saturated carbocycles. The summed E-state index contributed by atoms with van der Waals surface area (Å²) < 4.78 is 26.6. The van der Waals surface area contributed by atoms with Gasteiger partial charge in [-0.05, 0) is 26.0 Å². The van der Waals surface area contributed by atoms with Crippen molar-refractivity contribution in [2.24, 2.45) is 0 Å². The van der Waals surface area contributed by atoms with Crippen molar-refractivity contribution < 1.29 is 18.3 Å². The fraction of sp³-hybridized carbons (Fsp3) is 0.300. The summed E-state index contributed by atoms with van der Waals surface area (Å²) in [5.41, 5.74) is 0.0860. The van der Waals surface area contributed by atoms with Crippen LogP contribution in [0.4, 0.5) is 5.69 Å². The summed E-state index contributed by atoms with van der Waals surface area (Å²) in [6.45, 7) is 3.17. The lowest BCUT2D eigenvalue weighted by Crippen LogP contribution is -2.48. The van der Waals surface area contributed by atoms with E-state index in [2.05, 4.69) is 4.72 Å². The van der Waals surface area contributed by atoms with Gasteiger partial charge in [0.1, 0.15) is 11.3 Å². The smallest absolute Gasteiger partial charge is 0.326 e. The van der Waals surface area contributed by atoms with Crippen molar-refractivity contribution in [1.29, 1.82) is 0 Å². The zero-order valence-electron chi connectivity index (χ0n) is 9.34. The van der Waals surface area contributed by atoms with Gasteiger partial charge in [0.05, 0.1) is 5.69 Å². The van der Waals surface area contributed by atoms with Crippen LogP contribution in [-0.2, 0) is 10.2 Å². The average Bonchev–Trinajstić information content (AvgIpc) is 2.14. The van der Waals surface area contributed by atoms with Gasteiger partial charge in [0.15, 0.2) is 0 Å². The molecule has 0 unspecified atom stereocenters. The van der Waals surface area contributed by atoms with Crippen LogP contribution in [0.3, 0.4) is 0 Å². The fourth-order valence-corrected chi connectivity index (χ4v) is 3.18. The molecule has 0 aromatic heterocycles. The van der Waals surface area contributed by atoms with E-state index in [1.54, 1.807) is 13.8 Å². The number of rotatable bonds is 1. The van der Waals surface area contributed by atoms with Crippen molar-refractivity contribution in [1.82, 2.24) is 4.31 Å². The number of phenols is 1. The Kier molecular flexibility index (Phi) is 2.50. The average molecular weight is 256 g/mol. The van der Waals surface area contributed by atoms with E-state index in [9.17, 15) is 18.3 Å². The molecule has 0 spiro atoms. The third kappa shape index (κ3) is 1.72. The molecular weight excluding hydrogens is 244 g/mol. The molecule has 7 heteroatoms. The van der Waals surface area contributed by atoms with E-state index in [0.29, 0.717) is 0 Å². The molecule has 0 bridgehead atoms. The molecule has 1 aliphatic heterocycles. The Balaban J connectivity index is 2.67. The van der Waals surface area contributed by atoms with Gasteiger partial charge in [-0.3, -0.25) is 9.52 Å². The Morgan fingerprint density at radius 3 is 2.59 bits per heavy atom. The van der Waals surface area contributed by atoms with Crippen LogP contribution in [-0.4, -0.2) is 29.8 Å². The van der Waals surface area contributed by atoms with Crippen LogP contribution in [0.1, 0.15) is 24.2 Å². The maximum Gasteiger partial charge on any atom is 0.326 e. The third-order valence-corrected chi connectivity index (χ3v) is 4.01. The third-order valence-electron chi connectivity index (χ3n) is 2.42. The van der Waals surface area contributed by atoms with E-state index >= 15 is 0 Å². The molecule has 0 fully saturated rings. The van der Waals surface area contributed by atoms with Gasteiger partial charge in [0.25, 0.3) is 5.91 Å². The van der Waals surface area contributed by atoms with Gasteiger partial charge in [-0.25, -0.2) is 4.31 Å². The Morgan fingerprint density at radius 1 is 1.35 bits per heavy atom. The first-order valence-electron chi connectivity index (χ1n) is 5.03. The first kappa shape index (κ1) is 11.7. The van der Waals surface area contributed by atoms with Gasteiger partial charge >= 0.3 is 10.2 Å². The van der Waals surface area contributed by atoms with Gasteiger partial charge in [0.2, 0.25) is 0 Å². The summed E-state index contributed by atoms with van der Waals surface area (Å²) in [6.07, 6.45) is 0. The van der Waals surface area contributed by atoms with Crippen LogP contribution < -0.4 is 4.72 Å². The summed E-state index contributed by atoms with van der Waals surface area (Å²) >= 11 is 0. The van der Waals surface area contributed by atoms with Gasteiger partial charge in [0, 0.05) is 6.04 Å². The monoisotopic (exact) mass is 256 g/mol. The fourth-order valence-electron chi connectivity index (χ4n) is 1.77. The van der Waals surface area contributed by atoms with Crippen LogP contribution >= 0.6 is 0 Å². The van der Waals surface area contributed by atoms with Crippen LogP contribution in [0.5, 0.6) is 5.75 Å². The second-order valence-corrected chi connectivity index (χ2v) is 5.55. The molecule has 0 radical (unpaired) electrons. The molecule has 1 aromatic carbocycles. The predicted octanol–water partition coefficient (Wildman–Crippen LogP) is 0.913. The largest absolute Gasteiger partial charge is 0.507 e. The number of phenolic OH excluding ortho intramolecular Hbond substituents is 1. The second kappa shape index (κ2) is 3.63. The van der Waals surface area contributed by atoms with Crippen molar-refractivity contribution >= 4 is 21.8 Å². The molecule has 17 heavy (non-hydrogen) atoms. The molecule has 1 aliphatic rings. The first-order chi connectivity index (χ1) is 7.84. The van der Waals surface area contributed by atoms with Gasteiger partial charge in [-0.1, -0.05) is 6.07 Å². The van der Waals surface area contributed by atoms with E-state index in [4.69, 9.17) is 0 Å². The molecule has 0 saturated heterocycles. The van der Waals surface area contributed by atoms with Crippen molar-refractivity contribution in [3.8, 4) is 5.75 Å². The zero-order chi connectivity index (χ0) is 12.8. The summed E-state index contributed by atoms with van der Waals surface area (Å²) in [6, 6.07) is 3.72. The van der Waals surface area contributed by atoms with Crippen LogP contribution in [0.2, 0.25) is 0 Å². The number of anilines is 1. The van der Waals surface area contributed by atoms with E-state index in [1.165, 1.54) is 18.2 Å². The topological polar surface area (TPSA) is 86.7 Å². The van der Waals surface area contributed by atoms with E-state index in [1.807, 2.05) is 0 Å². The summed E-state index contributed by atoms with van der Waals surface area (Å²) in [5.74, 6) is -0.951. The number of fused-ring (bicyclic) bond motifs is 1. The van der Waals surface area contributed by atoms with Crippen molar-refractivity contribution in [2.45, 2.75) is 19.9 Å². The molecule has 2 N–H and O–H groups in total. The number of carbonyl (C=O) groups is 1. The zero-order valence-corrected chi connectivity index (χ0v) is 10.2. The minimum atomic E-state index is -3.88. The summed E-state index contributed by atoms with van der Waals surface area (Å²) in [5, 5.41) is 9.61. The lowest BCUT2D eigenvalue weighted by atomic mass is 10.1. The van der Waals surface area contributed by atoms with Crippen molar-refractivity contribution in [3.63, 3.8) is 0 Å². The lowest BCUT2D eigenvalue weighted by Gasteiger charge is -2.31. The first-order valence-corrected chi connectivity index (χ1v) is 6.47. The molecule has 2 rings (SSSR count). The van der Waals surface area contributed by atoms with E-state index < -0.39 is 22.2 Å². The Morgan fingerprint density at radius 2 is 2.00 bits per heavy atom. The molecule has 0 aliphatic carbocycles. The maximum absolute atomic E-state index is 12.0. The lowest BCUT2D eigenvalue weighted by molar-refractivity contribution is 0.0831. The summed E-state index contributed by atoms with van der Waals surface area (Å²) in [7, 11) is -3.88. The number of nitrogens with zero attached hydrogens (tertiary/aromatic N) is 1. The molecule has 1 amide bonds. The molecule has 6 nitrogen and oxygen atoms in total. The highest BCUT2D eigenvalue weighted by Crippen LogP contribution is 2.33. The molecule has 0 atom stereocenters. The van der Waals surface area contributed by atoms with Crippen LogP contribution in [0.15, 0.2) is 18.2 Å². The SMILES string of the molecule is CC(C)N1C(=O)c2c(O)cccc2NS1(=O)=O. The number of benzene rings is 1. The number of amides is 1. The van der Waals surface area contributed by atoms with Crippen LogP contribution in [0.25, 0.3) is 0 Å². The van der Waals surface area contributed by atoms with Crippen molar-refractivity contribution in [2.75, 3.05) is 4.72 Å². The summed E-state index contributed by atoms with van der Waals surface area (Å²) in [4.78, 5) is 12.0. The van der Waals surface area contributed by atoms with E-state index in [-0.39, 0.29) is 17.0 Å². The highest BCUT2D eigenvalue weighted by molar-refractivity contribution is 7.91. The second-order valence-electron chi connectivity index (χ2n) is 4.00. The van der Waals surface area contributed by atoms with Gasteiger partial charge < -0.3 is 5.11 Å². The normalized spacial score (nSPS) is 17.8. The number of hydrogen-bond donors (Lipinski definition) is 2. The molecule has 1 heterocycles. The van der Waals surface area contributed by atoms with Crippen molar-refractivity contribution in [3.05, 3.63) is 23.8 Å². The van der Waals surface area contributed by atoms with E-state index in [0.717, 1.165) is 4.31 Å². The minimum Gasteiger partial charge on any atom is -0.507 e. The number of hydrogen-bond acceptors (Lipinski definition) is 4. The van der Waals surface area contributed by atoms with Gasteiger partial charge in [-0.2, -0.15) is 8.42 Å². The number of aromatic hydroxyl groups is 1. The number of carbonyl (C=O) groups excluding carboxylic acids is 1. The maximum atomic E-state index is 12.0. The molecule has 1 aromatic rings. The number of nitrogens with one attached hydrogen (secondary N) is 1. The highest BCUT2D eigenvalue weighted by Gasteiger charge is 2.38. The standard InChI is InChI=1S/C10H12N2O4S/c1-6(2)12-10(14)9-7(11-17(12,15)16)4-3-5-8(9)13/h3-6,11,13H,1-2H3. The highest BCUT2D eigenvalue weighted by atomic mass is 32.2. The minimum absolute atomic E-state index is 0.0176. The molecular formula is C10H12N2O4S. The predicted molar refractivity (Wildman–Crippen MR) is 62.0 cm³/mol. The Labute approximate surface area is 99.0 Å². The molecule has 92 valence electrons. The van der Waals surface area contributed by atoms with Crippen LogP contribution in [0, 0.1) is 0 Å². The Bertz CT molecular complexity index is 580. The van der Waals surface area contributed by atoms with Gasteiger partial charge in [-0.15, -0.1) is 0 Å². The Hall–Kier alpha value is -1.76.